The molecule has 36 heavy (non-hydrogen) atoms. The third kappa shape index (κ3) is 5.89. The van der Waals surface area contributed by atoms with Crippen LogP contribution in [0.25, 0.3) is 0 Å². The number of hydrogen-bond donors (Lipinski definition) is 1. The molecule has 0 radical (unpaired) electrons. The Morgan fingerprint density at radius 3 is 2.44 bits per heavy atom. The Morgan fingerprint density at radius 1 is 1.06 bits per heavy atom. The fraction of sp³-hybridized carbons (Fsp3) is 0.483. The van der Waals surface area contributed by atoms with Crippen LogP contribution in [0.5, 0.6) is 5.75 Å². The molecule has 2 amide bonds. The molecule has 1 fully saturated rings. The molecule has 2 aliphatic rings. The Kier molecular flexibility index (Phi) is 8.28. The van der Waals surface area contributed by atoms with Crippen molar-refractivity contribution >= 4 is 17.8 Å². The van der Waals surface area contributed by atoms with Crippen molar-refractivity contribution in [2.45, 2.75) is 84.0 Å². The standard InChI is InChI=1S/C29H36N2O5/c1-4-35-26(32)17-25(20-13-15-23(16-14-20)36-19(2)3)30-28(33)24-12-8-9-21-18-31(29(34)27(21)24)22-10-6-5-7-11-22/h8-9,12-16,19,22,25H,4-7,10-11,17-18H2,1-3H3,(H,30,33)/t25-/m0/s1. The summed E-state index contributed by atoms with van der Waals surface area (Å²) in [5.74, 6) is -0.130. The SMILES string of the molecule is CCOC(=O)C[C@H](NC(=O)c1cccc2c1C(=O)N(C1CCCCC1)C2)c1ccc(OC(C)C)cc1. The quantitative estimate of drug-likeness (QED) is 0.487. The first kappa shape index (κ1) is 25.7. The monoisotopic (exact) mass is 492 g/mol. The van der Waals surface area contributed by atoms with Crippen LogP contribution in [0.1, 0.15) is 97.2 Å². The number of nitrogens with one attached hydrogen (secondary N) is 1. The fourth-order valence-electron chi connectivity index (χ4n) is 5.19. The van der Waals surface area contributed by atoms with Crippen LogP contribution < -0.4 is 10.1 Å². The molecule has 7 nitrogen and oxygen atoms in total. The van der Waals surface area contributed by atoms with Crippen molar-refractivity contribution in [3.05, 3.63) is 64.7 Å². The predicted octanol–water partition coefficient (Wildman–Crippen LogP) is 5.19. The van der Waals surface area contributed by atoms with E-state index in [1.54, 1.807) is 13.0 Å². The highest BCUT2D eigenvalue weighted by molar-refractivity contribution is 6.09. The third-order valence-electron chi connectivity index (χ3n) is 6.86. The Balaban J connectivity index is 1.56. The van der Waals surface area contributed by atoms with Crippen molar-refractivity contribution in [1.29, 1.82) is 0 Å². The van der Waals surface area contributed by atoms with Crippen LogP contribution in [-0.2, 0) is 16.1 Å². The van der Waals surface area contributed by atoms with Crippen LogP contribution in [0.3, 0.4) is 0 Å². The van der Waals surface area contributed by atoms with E-state index >= 15 is 0 Å². The molecule has 192 valence electrons. The summed E-state index contributed by atoms with van der Waals surface area (Å²) in [6, 6.07) is 12.4. The maximum absolute atomic E-state index is 13.5. The Labute approximate surface area is 213 Å². The molecule has 0 saturated heterocycles. The molecule has 1 heterocycles. The number of hydrogen-bond acceptors (Lipinski definition) is 5. The second kappa shape index (κ2) is 11.6. The molecule has 7 heteroatoms. The van der Waals surface area contributed by atoms with E-state index in [0.717, 1.165) is 36.8 Å². The summed E-state index contributed by atoms with van der Waals surface area (Å²) in [5.41, 5.74) is 2.48. The topological polar surface area (TPSA) is 84.9 Å². The van der Waals surface area contributed by atoms with E-state index in [1.165, 1.54) is 6.42 Å². The summed E-state index contributed by atoms with van der Waals surface area (Å²) in [5, 5.41) is 2.99. The number of carbonyl (C=O) groups is 3. The molecule has 0 spiro atoms. The molecule has 1 N–H and O–H groups in total. The van der Waals surface area contributed by atoms with Gasteiger partial charge in [0.1, 0.15) is 5.75 Å². The minimum atomic E-state index is -0.605. The largest absolute Gasteiger partial charge is 0.491 e. The lowest BCUT2D eigenvalue weighted by Crippen LogP contribution is -2.37. The lowest BCUT2D eigenvalue weighted by atomic mass is 9.94. The molecule has 4 rings (SSSR count). The summed E-state index contributed by atoms with van der Waals surface area (Å²) in [4.78, 5) is 41.2. The summed E-state index contributed by atoms with van der Waals surface area (Å²) < 4.78 is 10.9. The maximum Gasteiger partial charge on any atom is 0.308 e. The lowest BCUT2D eigenvalue weighted by Gasteiger charge is -2.31. The molecule has 0 unspecified atom stereocenters. The summed E-state index contributed by atoms with van der Waals surface area (Å²) in [6.45, 7) is 6.46. The minimum absolute atomic E-state index is 0.0128. The maximum atomic E-state index is 13.5. The molecule has 0 bridgehead atoms. The zero-order valence-electron chi connectivity index (χ0n) is 21.4. The number of carbonyl (C=O) groups excluding carboxylic acids is 3. The number of amides is 2. The molecule has 1 aliphatic carbocycles. The number of esters is 1. The lowest BCUT2D eigenvalue weighted by molar-refractivity contribution is -0.143. The van der Waals surface area contributed by atoms with Crippen LogP contribution in [0.2, 0.25) is 0 Å². The molecule has 1 atom stereocenters. The predicted molar refractivity (Wildman–Crippen MR) is 137 cm³/mol. The van der Waals surface area contributed by atoms with Crippen molar-refractivity contribution in [1.82, 2.24) is 10.2 Å². The first-order valence-electron chi connectivity index (χ1n) is 13.0. The second-order valence-electron chi connectivity index (χ2n) is 9.84. The van der Waals surface area contributed by atoms with E-state index < -0.39 is 12.0 Å². The van der Waals surface area contributed by atoms with Crippen LogP contribution in [0, 0.1) is 0 Å². The third-order valence-corrected chi connectivity index (χ3v) is 6.86. The molecule has 0 aromatic heterocycles. The number of nitrogens with zero attached hydrogens (tertiary/aromatic N) is 1. The summed E-state index contributed by atoms with van der Waals surface area (Å²) >= 11 is 0. The van der Waals surface area contributed by atoms with Gasteiger partial charge in [-0.3, -0.25) is 14.4 Å². The molecule has 2 aromatic carbocycles. The summed E-state index contributed by atoms with van der Waals surface area (Å²) in [7, 11) is 0. The smallest absolute Gasteiger partial charge is 0.308 e. The van der Waals surface area contributed by atoms with Gasteiger partial charge >= 0.3 is 5.97 Å². The highest BCUT2D eigenvalue weighted by atomic mass is 16.5. The van der Waals surface area contributed by atoms with Gasteiger partial charge in [0.15, 0.2) is 0 Å². The first-order valence-corrected chi connectivity index (χ1v) is 13.0. The Bertz CT molecular complexity index is 1090. The first-order chi connectivity index (χ1) is 17.4. The highest BCUT2D eigenvalue weighted by Crippen LogP contribution is 2.33. The van der Waals surface area contributed by atoms with Crippen molar-refractivity contribution in [2.24, 2.45) is 0 Å². The van der Waals surface area contributed by atoms with Gasteiger partial charge in [-0.15, -0.1) is 0 Å². The zero-order chi connectivity index (χ0) is 25.7. The second-order valence-corrected chi connectivity index (χ2v) is 9.84. The normalized spacial score (nSPS) is 16.6. The molecular formula is C29H36N2O5. The van der Waals surface area contributed by atoms with E-state index in [4.69, 9.17) is 9.47 Å². The molecule has 1 saturated carbocycles. The van der Waals surface area contributed by atoms with Crippen molar-refractivity contribution < 1.29 is 23.9 Å². The van der Waals surface area contributed by atoms with Crippen LogP contribution in [-0.4, -0.2) is 41.4 Å². The van der Waals surface area contributed by atoms with Gasteiger partial charge in [0.25, 0.3) is 11.8 Å². The van der Waals surface area contributed by atoms with Crippen molar-refractivity contribution in [3.8, 4) is 5.75 Å². The Hall–Kier alpha value is -3.35. The van der Waals surface area contributed by atoms with Crippen LogP contribution in [0.15, 0.2) is 42.5 Å². The van der Waals surface area contributed by atoms with E-state index in [-0.39, 0.29) is 37.0 Å². The van der Waals surface area contributed by atoms with Gasteiger partial charge in [0, 0.05) is 12.6 Å². The zero-order valence-corrected chi connectivity index (χ0v) is 21.4. The van der Waals surface area contributed by atoms with Gasteiger partial charge < -0.3 is 19.7 Å². The van der Waals surface area contributed by atoms with Gasteiger partial charge in [-0.25, -0.2) is 0 Å². The van der Waals surface area contributed by atoms with Crippen molar-refractivity contribution in [3.63, 3.8) is 0 Å². The van der Waals surface area contributed by atoms with Crippen molar-refractivity contribution in [2.75, 3.05) is 6.61 Å². The average Bonchev–Trinajstić information content (AvgIpc) is 3.21. The average molecular weight is 493 g/mol. The van der Waals surface area contributed by atoms with Gasteiger partial charge in [-0.2, -0.15) is 0 Å². The summed E-state index contributed by atoms with van der Waals surface area (Å²) in [6.07, 6.45) is 5.53. The highest BCUT2D eigenvalue weighted by Gasteiger charge is 2.36. The number of fused-ring (bicyclic) bond motifs is 1. The van der Waals surface area contributed by atoms with Gasteiger partial charge in [0.05, 0.1) is 36.3 Å². The Morgan fingerprint density at radius 2 is 1.78 bits per heavy atom. The number of rotatable bonds is 9. The van der Waals surface area contributed by atoms with Gasteiger partial charge in [0.2, 0.25) is 0 Å². The minimum Gasteiger partial charge on any atom is -0.491 e. The van der Waals surface area contributed by atoms with Crippen LogP contribution in [0.4, 0.5) is 0 Å². The molecule has 2 aromatic rings. The van der Waals surface area contributed by atoms with E-state index in [9.17, 15) is 14.4 Å². The molecule has 1 aliphatic heterocycles. The van der Waals surface area contributed by atoms with Gasteiger partial charge in [-0.1, -0.05) is 43.5 Å². The fourth-order valence-corrected chi connectivity index (χ4v) is 5.19. The van der Waals surface area contributed by atoms with Crippen LogP contribution >= 0.6 is 0 Å². The van der Waals surface area contributed by atoms with E-state index in [0.29, 0.717) is 23.4 Å². The van der Waals surface area contributed by atoms with E-state index in [2.05, 4.69) is 5.32 Å². The molecular weight excluding hydrogens is 456 g/mol. The van der Waals surface area contributed by atoms with Gasteiger partial charge in [-0.05, 0) is 62.9 Å². The number of ether oxygens (including phenoxy) is 2. The number of benzene rings is 2. The van der Waals surface area contributed by atoms with E-state index in [1.807, 2.05) is 55.1 Å².